The molecule has 0 saturated carbocycles. The first-order chi connectivity index (χ1) is 25.5. The van der Waals surface area contributed by atoms with Gasteiger partial charge >= 0.3 is 0 Å². The van der Waals surface area contributed by atoms with Crippen molar-refractivity contribution >= 4 is 54.3 Å². The molecule has 0 atom stereocenters. The number of benzene rings is 8. The Balaban J connectivity index is 1.11. The van der Waals surface area contributed by atoms with Crippen LogP contribution in [0.5, 0.6) is 0 Å². The molecule has 2 nitrogen and oxygen atoms in total. The van der Waals surface area contributed by atoms with E-state index in [2.05, 4.69) is 188 Å². The zero-order chi connectivity index (χ0) is 34.6. The molecule has 1 aliphatic carbocycles. The summed E-state index contributed by atoms with van der Waals surface area (Å²) in [5.41, 5.74) is 14.3. The van der Waals surface area contributed by atoms with Crippen LogP contribution < -0.4 is 0 Å². The van der Waals surface area contributed by atoms with Gasteiger partial charge in [0.05, 0.1) is 22.2 Å². The number of hydrogen-bond acceptors (Lipinski definition) is 1. The normalized spacial score (nSPS) is 13.3. The summed E-state index contributed by atoms with van der Waals surface area (Å²) >= 11 is 0. The topological polar surface area (TPSA) is 17.8 Å². The summed E-state index contributed by atoms with van der Waals surface area (Å²) in [6, 6.07) is 62.2. The zero-order valence-electron chi connectivity index (χ0n) is 29.1. The van der Waals surface area contributed by atoms with Gasteiger partial charge in [-0.05, 0) is 97.4 Å². The van der Waals surface area contributed by atoms with Gasteiger partial charge in [-0.15, -0.1) is 0 Å². The average Bonchev–Trinajstić information content (AvgIpc) is 3.66. The molecule has 11 rings (SSSR count). The molecule has 0 bridgehead atoms. The number of aromatic nitrogens is 2. The van der Waals surface area contributed by atoms with Crippen LogP contribution in [-0.2, 0) is 5.41 Å². The molecule has 2 heterocycles. The van der Waals surface area contributed by atoms with Crippen molar-refractivity contribution in [1.29, 1.82) is 0 Å². The van der Waals surface area contributed by atoms with Crippen molar-refractivity contribution in [2.24, 2.45) is 0 Å². The summed E-state index contributed by atoms with van der Waals surface area (Å²) in [4.78, 5) is 5.39. The monoisotopic (exact) mass is 662 g/mol. The Morgan fingerprint density at radius 1 is 0.442 bits per heavy atom. The summed E-state index contributed by atoms with van der Waals surface area (Å²) in [6.45, 7) is 4.68. The second-order valence-electron chi connectivity index (χ2n) is 14.8. The molecule has 0 aliphatic heterocycles. The van der Waals surface area contributed by atoms with E-state index in [1.165, 1.54) is 82.1 Å². The second-order valence-corrected chi connectivity index (χ2v) is 14.8. The van der Waals surface area contributed by atoms with E-state index >= 15 is 0 Å². The fourth-order valence-corrected chi connectivity index (χ4v) is 9.03. The Bertz CT molecular complexity index is 2980. The van der Waals surface area contributed by atoms with E-state index in [1.54, 1.807) is 0 Å². The van der Waals surface area contributed by atoms with Crippen LogP contribution in [0.25, 0.3) is 93.5 Å². The molecule has 2 aromatic heterocycles. The highest BCUT2D eigenvalue weighted by Crippen LogP contribution is 2.50. The van der Waals surface area contributed by atoms with Crippen molar-refractivity contribution in [3.63, 3.8) is 0 Å². The van der Waals surface area contributed by atoms with Gasteiger partial charge in [-0.1, -0.05) is 141 Å². The lowest BCUT2D eigenvalue weighted by Gasteiger charge is -2.22. The third-order valence-electron chi connectivity index (χ3n) is 11.6. The second kappa shape index (κ2) is 10.7. The molecule has 8 aromatic carbocycles. The number of nitrogens with zero attached hydrogens (tertiary/aromatic N) is 2. The third kappa shape index (κ3) is 4.09. The lowest BCUT2D eigenvalue weighted by Crippen LogP contribution is -2.14. The molecule has 1 aliphatic rings. The van der Waals surface area contributed by atoms with Crippen LogP contribution in [0, 0.1) is 0 Å². The van der Waals surface area contributed by atoms with Crippen molar-refractivity contribution in [3.05, 3.63) is 181 Å². The van der Waals surface area contributed by atoms with Gasteiger partial charge in [0, 0.05) is 32.8 Å². The minimum Gasteiger partial charge on any atom is -0.309 e. The number of pyridine rings is 1. The first-order valence-corrected chi connectivity index (χ1v) is 18.1. The van der Waals surface area contributed by atoms with Crippen LogP contribution in [0.3, 0.4) is 0 Å². The first kappa shape index (κ1) is 29.2. The Morgan fingerprint density at radius 3 is 1.75 bits per heavy atom. The summed E-state index contributed by atoms with van der Waals surface area (Å²) in [5, 5.41) is 8.86. The van der Waals surface area contributed by atoms with Gasteiger partial charge in [0.1, 0.15) is 0 Å². The highest BCUT2D eigenvalue weighted by molar-refractivity contribution is 6.28. The van der Waals surface area contributed by atoms with Crippen molar-refractivity contribution in [1.82, 2.24) is 9.55 Å². The fraction of sp³-hybridized carbons (Fsp3) is 0.0600. The van der Waals surface area contributed by atoms with Crippen molar-refractivity contribution in [2.75, 3.05) is 0 Å². The smallest absolute Gasteiger partial charge is 0.0719 e. The number of hydrogen-bond donors (Lipinski definition) is 0. The van der Waals surface area contributed by atoms with Gasteiger partial charge in [-0.2, -0.15) is 0 Å². The maximum absolute atomic E-state index is 5.39. The van der Waals surface area contributed by atoms with E-state index in [4.69, 9.17) is 4.98 Å². The SMILES string of the molecule is CC1(C)c2ccccc2-c2cc3c(-c4ccccc4)cc(-c4ccc(-n5c6ccc7ccccc7c6c6c7ccccc7ccc65)cc4)nc3cc21. The third-order valence-corrected chi connectivity index (χ3v) is 11.6. The maximum Gasteiger partial charge on any atom is 0.0719 e. The van der Waals surface area contributed by atoms with Crippen molar-refractivity contribution in [3.8, 4) is 39.2 Å². The Labute approximate surface area is 302 Å². The Kier molecular flexibility index (Phi) is 6.04. The minimum atomic E-state index is -0.0919. The zero-order valence-corrected chi connectivity index (χ0v) is 29.1. The lowest BCUT2D eigenvalue weighted by atomic mass is 9.82. The van der Waals surface area contributed by atoms with Crippen LogP contribution in [0.15, 0.2) is 170 Å². The van der Waals surface area contributed by atoms with Gasteiger partial charge in [-0.25, -0.2) is 4.98 Å². The van der Waals surface area contributed by atoms with Crippen LogP contribution in [0.2, 0.25) is 0 Å². The van der Waals surface area contributed by atoms with Crippen LogP contribution in [-0.4, -0.2) is 9.55 Å². The number of rotatable bonds is 3. The molecule has 0 radical (unpaired) electrons. The first-order valence-electron chi connectivity index (χ1n) is 18.1. The molecule has 0 unspecified atom stereocenters. The summed E-state index contributed by atoms with van der Waals surface area (Å²) < 4.78 is 2.43. The molecule has 10 aromatic rings. The van der Waals surface area contributed by atoms with E-state index in [-0.39, 0.29) is 5.41 Å². The molecule has 52 heavy (non-hydrogen) atoms. The van der Waals surface area contributed by atoms with Crippen LogP contribution in [0.1, 0.15) is 25.0 Å². The van der Waals surface area contributed by atoms with E-state index in [0.717, 1.165) is 22.5 Å². The van der Waals surface area contributed by atoms with E-state index in [1.807, 2.05) is 0 Å². The highest BCUT2D eigenvalue weighted by atomic mass is 15.0. The summed E-state index contributed by atoms with van der Waals surface area (Å²) in [7, 11) is 0. The van der Waals surface area contributed by atoms with E-state index in [0.29, 0.717) is 0 Å². The lowest BCUT2D eigenvalue weighted by molar-refractivity contribution is 0.661. The molecule has 0 amide bonds. The molecule has 0 fully saturated rings. The van der Waals surface area contributed by atoms with Gasteiger partial charge < -0.3 is 4.57 Å². The van der Waals surface area contributed by atoms with Gasteiger partial charge in [-0.3, -0.25) is 0 Å². The van der Waals surface area contributed by atoms with Crippen molar-refractivity contribution in [2.45, 2.75) is 19.3 Å². The Hall–Kier alpha value is -6.51. The molecule has 0 saturated heterocycles. The minimum absolute atomic E-state index is 0.0919. The summed E-state index contributed by atoms with van der Waals surface area (Å²) in [5.74, 6) is 0. The fourth-order valence-electron chi connectivity index (χ4n) is 9.03. The molecule has 0 N–H and O–H groups in total. The van der Waals surface area contributed by atoms with Crippen LogP contribution in [0.4, 0.5) is 0 Å². The van der Waals surface area contributed by atoms with Crippen LogP contribution >= 0.6 is 0 Å². The predicted molar refractivity (Wildman–Crippen MR) is 220 cm³/mol. The predicted octanol–water partition coefficient (Wildman–Crippen LogP) is 13.3. The quantitative estimate of drug-likeness (QED) is 0.184. The van der Waals surface area contributed by atoms with Gasteiger partial charge in [0.15, 0.2) is 0 Å². The molecule has 2 heteroatoms. The van der Waals surface area contributed by atoms with Gasteiger partial charge in [0.25, 0.3) is 0 Å². The standard InChI is InChI=1S/C50H34N2/c1-50(2)42-19-11-10-18-38(42)40-28-41-39(31-12-4-3-5-13-31)29-44(51-45(41)30-43(40)50)34-20-24-35(25-21-34)52-46-26-22-32-14-6-8-16-36(32)48(46)49-37-17-9-7-15-33(37)23-27-47(49)52/h3-30H,1-2H3. The highest BCUT2D eigenvalue weighted by Gasteiger charge is 2.35. The van der Waals surface area contributed by atoms with E-state index in [9.17, 15) is 0 Å². The molecule has 0 spiro atoms. The molecular weight excluding hydrogens is 629 g/mol. The number of fused-ring (bicyclic) bond motifs is 11. The molecular formula is C50H34N2. The van der Waals surface area contributed by atoms with E-state index < -0.39 is 0 Å². The largest absolute Gasteiger partial charge is 0.309 e. The Morgan fingerprint density at radius 2 is 1.06 bits per heavy atom. The van der Waals surface area contributed by atoms with Gasteiger partial charge in [0.2, 0.25) is 0 Å². The maximum atomic E-state index is 5.39. The van der Waals surface area contributed by atoms with Crippen molar-refractivity contribution < 1.29 is 0 Å². The molecule has 244 valence electrons. The summed E-state index contributed by atoms with van der Waals surface area (Å²) in [6.07, 6.45) is 0. The average molecular weight is 663 g/mol.